The van der Waals surface area contributed by atoms with Gasteiger partial charge in [-0.2, -0.15) is 0 Å². The molecule has 84 valence electrons. The highest BCUT2D eigenvalue weighted by atomic mass is 79.9. The van der Waals surface area contributed by atoms with Gasteiger partial charge in [-0.05, 0) is 24.3 Å². The lowest BCUT2D eigenvalue weighted by molar-refractivity contribution is 0.789. The summed E-state index contributed by atoms with van der Waals surface area (Å²) in [6, 6.07) is 8.18. The van der Waals surface area contributed by atoms with E-state index in [4.69, 9.17) is 0 Å². The van der Waals surface area contributed by atoms with Crippen LogP contribution in [0.4, 0.5) is 5.69 Å². The van der Waals surface area contributed by atoms with E-state index in [2.05, 4.69) is 38.4 Å². The molecule has 1 heterocycles. The van der Waals surface area contributed by atoms with Crippen molar-refractivity contribution in [2.45, 2.75) is 6.42 Å². The quantitative estimate of drug-likeness (QED) is 0.933. The number of anilines is 1. The summed E-state index contributed by atoms with van der Waals surface area (Å²) in [5, 5.41) is 3.36. The maximum absolute atomic E-state index is 4.28. The number of aromatic nitrogens is 2. The first-order valence-electron chi connectivity index (χ1n) is 5.21. The second-order valence-electron chi connectivity index (χ2n) is 3.64. The van der Waals surface area contributed by atoms with Crippen LogP contribution >= 0.6 is 15.9 Å². The van der Waals surface area contributed by atoms with E-state index in [-0.39, 0.29) is 0 Å². The molecule has 2 rings (SSSR count). The third-order valence-electron chi connectivity index (χ3n) is 2.44. The van der Waals surface area contributed by atoms with E-state index in [0.717, 1.165) is 29.0 Å². The van der Waals surface area contributed by atoms with Crippen molar-refractivity contribution in [3.63, 3.8) is 0 Å². The Balaban J connectivity index is 1.84. The van der Waals surface area contributed by atoms with E-state index in [9.17, 15) is 0 Å². The maximum atomic E-state index is 4.28. The van der Waals surface area contributed by atoms with Gasteiger partial charge in [0.25, 0.3) is 0 Å². The molecule has 1 aromatic carbocycles. The minimum atomic E-state index is 0.895. The highest BCUT2D eigenvalue weighted by molar-refractivity contribution is 9.10. The van der Waals surface area contributed by atoms with Gasteiger partial charge in [0.05, 0.1) is 0 Å². The fourth-order valence-corrected chi connectivity index (χ4v) is 1.79. The standard InChI is InChI=1S/C12H14BrN3/c1-16-9-8-15-12(16)6-7-14-11-4-2-10(13)3-5-11/h2-5,8-9,14H,6-7H2,1H3. The Kier molecular flexibility index (Phi) is 3.62. The fourth-order valence-electron chi connectivity index (χ4n) is 1.52. The molecular formula is C12H14BrN3. The van der Waals surface area contributed by atoms with E-state index in [1.165, 1.54) is 0 Å². The summed E-state index contributed by atoms with van der Waals surface area (Å²) in [4.78, 5) is 4.28. The van der Waals surface area contributed by atoms with Gasteiger partial charge in [0.15, 0.2) is 0 Å². The Morgan fingerprint density at radius 3 is 2.69 bits per heavy atom. The van der Waals surface area contributed by atoms with Crippen molar-refractivity contribution >= 4 is 21.6 Å². The minimum Gasteiger partial charge on any atom is -0.385 e. The first-order chi connectivity index (χ1) is 7.75. The van der Waals surface area contributed by atoms with E-state index >= 15 is 0 Å². The maximum Gasteiger partial charge on any atom is 0.110 e. The summed E-state index contributed by atoms with van der Waals surface area (Å²) in [6.45, 7) is 0.895. The molecule has 0 atom stereocenters. The molecule has 0 aliphatic heterocycles. The second kappa shape index (κ2) is 5.16. The molecule has 0 saturated heterocycles. The number of hydrogen-bond acceptors (Lipinski definition) is 2. The van der Waals surface area contributed by atoms with Gasteiger partial charge in [0, 0.05) is 42.6 Å². The van der Waals surface area contributed by atoms with Gasteiger partial charge in [-0.1, -0.05) is 15.9 Å². The minimum absolute atomic E-state index is 0.895. The molecule has 0 radical (unpaired) electrons. The molecule has 0 saturated carbocycles. The molecule has 1 aromatic heterocycles. The summed E-state index contributed by atoms with van der Waals surface area (Å²) < 4.78 is 3.14. The molecule has 0 unspecified atom stereocenters. The van der Waals surface area contributed by atoms with Crippen LogP contribution in [0.3, 0.4) is 0 Å². The molecule has 2 aromatic rings. The highest BCUT2D eigenvalue weighted by Gasteiger charge is 1.98. The van der Waals surface area contributed by atoms with Crippen LogP contribution in [0.15, 0.2) is 41.1 Å². The molecule has 0 aliphatic carbocycles. The van der Waals surface area contributed by atoms with Gasteiger partial charge in [0.1, 0.15) is 5.82 Å². The molecule has 0 bridgehead atoms. The average Bonchev–Trinajstić information content (AvgIpc) is 2.68. The lowest BCUT2D eigenvalue weighted by Crippen LogP contribution is -2.08. The Morgan fingerprint density at radius 2 is 2.06 bits per heavy atom. The third kappa shape index (κ3) is 2.85. The first kappa shape index (κ1) is 11.2. The topological polar surface area (TPSA) is 29.9 Å². The summed E-state index contributed by atoms with van der Waals surface area (Å²) in [5.74, 6) is 1.10. The van der Waals surface area contributed by atoms with Crippen LogP contribution in [-0.2, 0) is 13.5 Å². The van der Waals surface area contributed by atoms with Crippen LogP contribution in [0.2, 0.25) is 0 Å². The van der Waals surface area contributed by atoms with E-state index in [1.54, 1.807) is 0 Å². The third-order valence-corrected chi connectivity index (χ3v) is 2.97. The van der Waals surface area contributed by atoms with Crippen LogP contribution in [0.5, 0.6) is 0 Å². The zero-order valence-electron chi connectivity index (χ0n) is 9.15. The molecular weight excluding hydrogens is 266 g/mol. The highest BCUT2D eigenvalue weighted by Crippen LogP contribution is 2.13. The number of imidazole rings is 1. The number of rotatable bonds is 4. The number of nitrogens with one attached hydrogen (secondary N) is 1. The van der Waals surface area contributed by atoms with Crippen LogP contribution in [0, 0.1) is 0 Å². The molecule has 4 heteroatoms. The molecule has 0 spiro atoms. The summed E-state index contributed by atoms with van der Waals surface area (Å²) in [6.07, 6.45) is 4.73. The van der Waals surface area contributed by atoms with Crippen molar-refractivity contribution < 1.29 is 0 Å². The molecule has 0 aliphatic rings. The predicted octanol–water partition coefficient (Wildman–Crippen LogP) is 2.84. The molecule has 3 nitrogen and oxygen atoms in total. The zero-order valence-corrected chi connectivity index (χ0v) is 10.7. The van der Waals surface area contributed by atoms with Gasteiger partial charge in [-0.25, -0.2) is 4.98 Å². The molecule has 1 N–H and O–H groups in total. The van der Waals surface area contributed by atoms with Gasteiger partial charge >= 0.3 is 0 Å². The Bertz CT molecular complexity index is 448. The molecule has 16 heavy (non-hydrogen) atoms. The Labute approximate surface area is 104 Å². The van der Waals surface area contributed by atoms with Gasteiger partial charge in [-0.15, -0.1) is 0 Å². The van der Waals surface area contributed by atoms with Crippen LogP contribution in [0.1, 0.15) is 5.82 Å². The lowest BCUT2D eigenvalue weighted by Gasteiger charge is -2.06. The summed E-state index contributed by atoms with van der Waals surface area (Å²) in [5.41, 5.74) is 1.14. The predicted molar refractivity (Wildman–Crippen MR) is 69.5 cm³/mol. The number of nitrogens with zero attached hydrogens (tertiary/aromatic N) is 2. The summed E-state index contributed by atoms with van der Waals surface area (Å²) >= 11 is 3.41. The number of benzene rings is 1. The normalized spacial score (nSPS) is 10.4. The first-order valence-corrected chi connectivity index (χ1v) is 6.00. The fraction of sp³-hybridized carbons (Fsp3) is 0.250. The zero-order chi connectivity index (χ0) is 11.4. The Morgan fingerprint density at radius 1 is 1.31 bits per heavy atom. The van der Waals surface area contributed by atoms with Gasteiger partial charge < -0.3 is 9.88 Å². The van der Waals surface area contributed by atoms with Crippen LogP contribution in [0.25, 0.3) is 0 Å². The average molecular weight is 280 g/mol. The van der Waals surface area contributed by atoms with E-state index in [0.29, 0.717) is 0 Å². The van der Waals surface area contributed by atoms with Gasteiger partial charge in [-0.3, -0.25) is 0 Å². The Hall–Kier alpha value is -1.29. The number of halogens is 1. The van der Waals surface area contributed by atoms with Crippen LogP contribution in [-0.4, -0.2) is 16.1 Å². The number of aryl methyl sites for hydroxylation is 1. The lowest BCUT2D eigenvalue weighted by atomic mass is 10.3. The van der Waals surface area contributed by atoms with Crippen molar-refractivity contribution in [3.05, 3.63) is 47.0 Å². The van der Waals surface area contributed by atoms with Crippen molar-refractivity contribution in [3.8, 4) is 0 Å². The van der Waals surface area contributed by atoms with Gasteiger partial charge in [0.2, 0.25) is 0 Å². The van der Waals surface area contributed by atoms with Crippen molar-refractivity contribution in [1.29, 1.82) is 0 Å². The SMILES string of the molecule is Cn1ccnc1CCNc1ccc(Br)cc1. The van der Waals surface area contributed by atoms with Crippen LogP contribution < -0.4 is 5.32 Å². The molecule has 0 fully saturated rings. The smallest absolute Gasteiger partial charge is 0.110 e. The largest absolute Gasteiger partial charge is 0.385 e. The number of hydrogen-bond donors (Lipinski definition) is 1. The van der Waals surface area contributed by atoms with E-state index < -0.39 is 0 Å². The molecule has 0 amide bonds. The van der Waals surface area contributed by atoms with Crippen molar-refractivity contribution in [2.24, 2.45) is 7.05 Å². The van der Waals surface area contributed by atoms with E-state index in [1.807, 2.05) is 36.1 Å². The second-order valence-corrected chi connectivity index (χ2v) is 4.55. The summed E-state index contributed by atoms with van der Waals surface area (Å²) in [7, 11) is 2.02. The van der Waals surface area contributed by atoms with Crippen molar-refractivity contribution in [2.75, 3.05) is 11.9 Å². The van der Waals surface area contributed by atoms with Crippen molar-refractivity contribution in [1.82, 2.24) is 9.55 Å². The monoisotopic (exact) mass is 279 g/mol.